The molecule has 0 spiro atoms. The minimum absolute atomic E-state index is 0.0719. The zero-order valence-corrected chi connectivity index (χ0v) is 21.5. The van der Waals surface area contributed by atoms with E-state index in [-0.39, 0.29) is 24.1 Å². The van der Waals surface area contributed by atoms with Gasteiger partial charge < -0.3 is 26.5 Å². The topological polar surface area (TPSA) is 193 Å². The maximum Gasteiger partial charge on any atom is 0.329 e. The van der Waals surface area contributed by atoms with Crippen LogP contribution in [0.2, 0.25) is 0 Å². The number of carboxylic acid groups (broad SMARTS) is 1. The molecule has 0 saturated carbocycles. The third kappa shape index (κ3) is 7.40. The second-order valence-electron chi connectivity index (χ2n) is 9.62. The van der Waals surface area contributed by atoms with Crippen LogP contribution in [0, 0.1) is 5.92 Å². The number of aromatic nitrogens is 2. The molecule has 6 N–H and O–H groups in total. The molecule has 0 bridgehead atoms. The minimum atomic E-state index is -1.54. The van der Waals surface area contributed by atoms with E-state index in [0.717, 1.165) is 4.57 Å². The molecule has 3 aromatic rings. The summed E-state index contributed by atoms with van der Waals surface area (Å²) in [6.45, 7) is 3.55. The van der Waals surface area contributed by atoms with Crippen molar-refractivity contribution in [2.75, 3.05) is 0 Å². The van der Waals surface area contributed by atoms with Crippen LogP contribution < -0.4 is 27.6 Å². The Morgan fingerprint density at radius 1 is 0.923 bits per heavy atom. The van der Waals surface area contributed by atoms with Crippen LogP contribution in [0.15, 0.2) is 64.2 Å². The van der Waals surface area contributed by atoms with E-state index in [1.54, 1.807) is 62.4 Å². The van der Waals surface area contributed by atoms with Gasteiger partial charge in [0.1, 0.15) is 18.1 Å². The third-order valence-electron chi connectivity index (χ3n) is 6.08. The van der Waals surface area contributed by atoms with E-state index >= 15 is 0 Å². The van der Waals surface area contributed by atoms with E-state index < -0.39 is 59.5 Å². The quantitative estimate of drug-likeness (QED) is 0.221. The van der Waals surface area contributed by atoms with Crippen LogP contribution in [0.4, 0.5) is 0 Å². The summed E-state index contributed by atoms with van der Waals surface area (Å²) in [6, 6.07) is 10.7. The Balaban J connectivity index is 2.01. The number of carboxylic acids is 1. The van der Waals surface area contributed by atoms with Crippen LogP contribution in [-0.2, 0) is 25.6 Å². The lowest BCUT2D eigenvalue weighted by atomic mass is 10.0. The molecule has 2 aromatic carbocycles. The molecule has 12 heteroatoms. The number of rotatable bonds is 12. The lowest BCUT2D eigenvalue weighted by molar-refractivity contribution is -0.142. The van der Waals surface area contributed by atoms with Crippen molar-refractivity contribution in [1.29, 1.82) is 0 Å². The molecule has 0 radical (unpaired) electrons. The molecule has 0 aliphatic rings. The molecule has 0 aliphatic heterocycles. The number of hydrogen-bond acceptors (Lipinski definition) is 6. The molecule has 3 atom stereocenters. The number of nitrogens with one attached hydrogen (secondary N) is 3. The van der Waals surface area contributed by atoms with E-state index in [2.05, 4.69) is 15.6 Å². The SMILES string of the molecule is CC(C)C[C@H](NC(=O)[C@H](CC(N)=O)NC(=O)[C@H](Cc1ccccc1)n1c(=O)[nH]c2ccccc2c1=O)C(=O)O. The normalized spacial score (nSPS) is 13.4. The second kappa shape index (κ2) is 12.7. The van der Waals surface area contributed by atoms with Gasteiger partial charge in [-0.2, -0.15) is 0 Å². The van der Waals surface area contributed by atoms with E-state index in [0.29, 0.717) is 11.1 Å². The van der Waals surface area contributed by atoms with E-state index in [1.807, 2.05) is 0 Å². The van der Waals surface area contributed by atoms with Crippen molar-refractivity contribution in [2.45, 2.75) is 51.2 Å². The predicted octanol–water partition coefficient (Wildman–Crippen LogP) is 0.449. The van der Waals surface area contributed by atoms with Gasteiger partial charge in [-0.3, -0.25) is 19.2 Å². The Hall–Kier alpha value is -4.74. The molecule has 1 heterocycles. The lowest BCUT2D eigenvalue weighted by Gasteiger charge is -2.24. The highest BCUT2D eigenvalue weighted by Gasteiger charge is 2.32. The summed E-state index contributed by atoms with van der Waals surface area (Å²) in [5.74, 6) is -4.12. The molecule has 0 aliphatic carbocycles. The van der Waals surface area contributed by atoms with Crippen molar-refractivity contribution >= 4 is 34.6 Å². The Kier molecular flexibility index (Phi) is 9.37. The van der Waals surface area contributed by atoms with Gasteiger partial charge in [0, 0.05) is 6.42 Å². The molecule has 0 saturated heterocycles. The number of carbonyl (C=O) groups excluding carboxylic acids is 3. The first-order valence-corrected chi connectivity index (χ1v) is 12.4. The van der Waals surface area contributed by atoms with Crippen molar-refractivity contribution in [3.8, 4) is 0 Å². The smallest absolute Gasteiger partial charge is 0.329 e. The van der Waals surface area contributed by atoms with Crippen molar-refractivity contribution in [3.63, 3.8) is 0 Å². The van der Waals surface area contributed by atoms with Crippen LogP contribution in [0.25, 0.3) is 10.9 Å². The fourth-order valence-electron chi connectivity index (χ4n) is 4.24. The molecular formula is C27H31N5O7. The average molecular weight is 538 g/mol. The molecule has 1 aromatic heterocycles. The molecule has 3 rings (SSSR count). The summed E-state index contributed by atoms with van der Waals surface area (Å²) in [5.41, 5.74) is 4.66. The van der Waals surface area contributed by atoms with Gasteiger partial charge in [0.05, 0.1) is 17.3 Å². The van der Waals surface area contributed by atoms with Crippen LogP contribution in [0.5, 0.6) is 0 Å². The molecule has 206 valence electrons. The average Bonchev–Trinajstić information content (AvgIpc) is 2.87. The summed E-state index contributed by atoms with van der Waals surface area (Å²) in [6.07, 6.45) is -0.618. The van der Waals surface area contributed by atoms with Gasteiger partial charge >= 0.3 is 11.7 Å². The Morgan fingerprint density at radius 2 is 1.54 bits per heavy atom. The fourth-order valence-corrected chi connectivity index (χ4v) is 4.24. The minimum Gasteiger partial charge on any atom is -0.480 e. The van der Waals surface area contributed by atoms with Crippen molar-refractivity contribution < 1.29 is 24.3 Å². The summed E-state index contributed by atoms with van der Waals surface area (Å²) >= 11 is 0. The van der Waals surface area contributed by atoms with Crippen LogP contribution in [0.3, 0.4) is 0 Å². The Morgan fingerprint density at radius 3 is 2.15 bits per heavy atom. The number of para-hydroxylation sites is 1. The lowest BCUT2D eigenvalue weighted by Crippen LogP contribution is -2.55. The monoisotopic (exact) mass is 537 g/mol. The molecule has 12 nitrogen and oxygen atoms in total. The molecule has 0 unspecified atom stereocenters. The summed E-state index contributed by atoms with van der Waals surface area (Å²) in [5, 5.41) is 14.4. The highest BCUT2D eigenvalue weighted by atomic mass is 16.4. The number of H-pyrrole nitrogens is 1. The standard InChI is InChI=1S/C27H31N5O7/c1-15(2)12-20(26(37)38)30-23(34)19(14-22(28)33)29-24(35)21(13-16-8-4-3-5-9-16)32-25(36)17-10-6-7-11-18(17)31-27(32)39/h3-11,15,19-21H,12-14H2,1-2H3,(H2,28,33)(H,29,35)(H,30,34)(H,31,39)(H,37,38)/t19-,20-,21-/m0/s1. The number of carbonyl (C=O) groups is 4. The first-order valence-electron chi connectivity index (χ1n) is 12.4. The zero-order valence-electron chi connectivity index (χ0n) is 21.5. The number of nitrogens with zero attached hydrogens (tertiary/aromatic N) is 1. The second-order valence-corrected chi connectivity index (χ2v) is 9.62. The van der Waals surface area contributed by atoms with Gasteiger partial charge in [-0.15, -0.1) is 0 Å². The number of hydrogen-bond donors (Lipinski definition) is 5. The highest BCUT2D eigenvalue weighted by Crippen LogP contribution is 2.15. The van der Waals surface area contributed by atoms with Gasteiger partial charge in [-0.25, -0.2) is 14.2 Å². The fraction of sp³-hybridized carbons (Fsp3) is 0.333. The number of aliphatic carboxylic acids is 1. The molecule has 3 amide bonds. The number of aromatic amines is 1. The Bertz CT molecular complexity index is 1480. The maximum absolute atomic E-state index is 13.6. The molecular weight excluding hydrogens is 506 g/mol. The number of amides is 3. The van der Waals surface area contributed by atoms with Crippen molar-refractivity contribution in [1.82, 2.24) is 20.2 Å². The van der Waals surface area contributed by atoms with Crippen molar-refractivity contribution in [2.24, 2.45) is 11.7 Å². The summed E-state index contributed by atoms with van der Waals surface area (Å²) in [7, 11) is 0. The van der Waals surface area contributed by atoms with E-state index in [1.165, 1.54) is 6.07 Å². The highest BCUT2D eigenvalue weighted by molar-refractivity contribution is 5.94. The zero-order chi connectivity index (χ0) is 28.7. The van der Waals surface area contributed by atoms with Gasteiger partial charge in [0.2, 0.25) is 17.7 Å². The number of primary amides is 1. The maximum atomic E-state index is 13.6. The summed E-state index contributed by atoms with van der Waals surface area (Å²) in [4.78, 5) is 79.0. The van der Waals surface area contributed by atoms with E-state index in [4.69, 9.17) is 5.73 Å². The number of benzene rings is 2. The van der Waals surface area contributed by atoms with Gasteiger partial charge in [-0.1, -0.05) is 56.3 Å². The van der Waals surface area contributed by atoms with Gasteiger partial charge in [-0.05, 0) is 30.0 Å². The number of nitrogens with two attached hydrogens (primary N) is 1. The molecule has 39 heavy (non-hydrogen) atoms. The van der Waals surface area contributed by atoms with Gasteiger partial charge in [0.25, 0.3) is 5.56 Å². The van der Waals surface area contributed by atoms with Crippen LogP contribution >= 0.6 is 0 Å². The van der Waals surface area contributed by atoms with Gasteiger partial charge in [0.15, 0.2) is 0 Å². The first-order chi connectivity index (χ1) is 18.5. The van der Waals surface area contributed by atoms with E-state index in [9.17, 15) is 33.9 Å². The predicted molar refractivity (Wildman–Crippen MR) is 143 cm³/mol. The third-order valence-corrected chi connectivity index (χ3v) is 6.08. The molecule has 0 fully saturated rings. The number of fused-ring (bicyclic) bond motifs is 1. The first kappa shape index (κ1) is 28.8. The Labute approximate surface area is 223 Å². The summed E-state index contributed by atoms with van der Waals surface area (Å²) < 4.78 is 0.767. The van der Waals surface area contributed by atoms with Crippen molar-refractivity contribution in [3.05, 3.63) is 81.0 Å². The largest absolute Gasteiger partial charge is 0.480 e. The van der Waals surface area contributed by atoms with Crippen LogP contribution in [0.1, 0.15) is 38.3 Å². The van der Waals surface area contributed by atoms with Crippen LogP contribution in [-0.4, -0.2) is 50.4 Å².